The van der Waals surface area contributed by atoms with E-state index in [1.165, 1.54) is 15.3 Å². The summed E-state index contributed by atoms with van der Waals surface area (Å²) in [5.41, 5.74) is 3.42. The first-order valence-electron chi connectivity index (χ1n) is 13.5. The summed E-state index contributed by atoms with van der Waals surface area (Å²) in [6, 6.07) is 11.6. The van der Waals surface area contributed by atoms with E-state index in [0.717, 1.165) is 24.0 Å². The molecule has 0 bridgehead atoms. The van der Waals surface area contributed by atoms with Crippen LogP contribution in [0.15, 0.2) is 81.1 Å². The standard InChI is InChI=1S/C30H32N8O3/c1-4-37-27-25(29(40)38(30(37)41)23-12-13-23)35-26(36-27)22-11-14-24(33-18-22)32-16-20-7-9-21(10-8-20)17-34-28(39)19(2)6-5-15-31-3/h5-11,14-15,18,23H,3-4,12-13,16-17H2,1-2H3,(H,32,33)(H,34,39)(H,35,36)/b15-5-,19-6+. The lowest BCUT2D eigenvalue weighted by atomic mass is 10.1. The van der Waals surface area contributed by atoms with Gasteiger partial charge in [-0.05, 0) is 62.7 Å². The number of aliphatic imine (C=N–C) groups is 1. The smallest absolute Gasteiger partial charge is 0.332 e. The van der Waals surface area contributed by atoms with E-state index in [2.05, 4.69) is 37.3 Å². The summed E-state index contributed by atoms with van der Waals surface area (Å²) in [4.78, 5) is 53.8. The lowest BCUT2D eigenvalue weighted by Crippen LogP contribution is -2.39. The van der Waals surface area contributed by atoms with E-state index in [0.29, 0.717) is 53.6 Å². The first kappa shape index (κ1) is 27.5. The number of carbonyl (C=O) groups excluding carboxylic acids is 1. The third-order valence-electron chi connectivity index (χ3n) is 6.92. The number of amides is 1. The number of pyridine rings is 1. The normalized spacial score (nSPS) is 13.6. The molecule has 3 aromatic heterocycles. The zero-order valence-electron chi connectivity index (χ0n) is 23.1. The largest absolute Gasteiger partial charge is 0.366 e. The SMILES string of the molecule is C=N/C=C\C=C(/C)C(=O)NCc1ccc(CNc2ccc(-c3nc4c([nH]3)c(=O)n(C3CC3)c(=O)n4CC)cn2)cc1. The Kier molecular flexibility index (Phi) is 8.04. The maximum atomic E-state index is 13.0. The number of hydrogen-bond acceptors (Lipinski definition) is 7. The Bertz CT molecular complexity index is 1750. The number of aromatic nitrogens is 5. The highest BCUT2D eigenvalue weighted by Gasteiger charge is 2.29. The van der Waals surface area contributed by atoms with Crippen molar-refractivity contribution in [2.24, 2.45) is 4.99 Å². The van der Waals surface area contributed by atoms with Gasteiger partial charge in [0.05, 0.1) is 0 Å². The van der Waals surface area contributed by atoms with E-state index in [4.69, 9.17) is 0 Å². The van der Waals surface area contributed by atoms with Gasteiger partial charge in [-0.3, -0.25) is 23.7 Å². The van der Waals surface area contributed by atoms with Gasteiger partial charge in [0, 0.05) is 49.2 Å². The number of fused-ring (bicyclic) bond motifs is 1. The van der Waals surface area contributed by atoms with Crippen LogP contribution in [0.25, 0.3) is 22.6 Å². The van der Waals surface area contributed by atoms with E-state index >= 15 is 0 Å². The van der Waals surface area contributed by atoms with Crippen molar-refractivity contribution in [3.63, 3.8) is 0 Å². The van der Waals surface area contributed by atoms with Crippen LogP contribution in [0, 0.1) is 0 Å². The number of H-pyrrole nitrogens is 1. The van der Waals surface area contributed by atoms with Crippen LogP contribution in [0.3, 0.4) is 0 Å². The second-order valence-electron chi connectivity index (χ2n) is 9.88. The Morgan fingerprint density at radius 1 is 1.15 bits per heavy atom. The molecular formula is C30H32N8O3. The molecule has 210 valence electrons. The molecule has 1 aliphatic rings. The van der Waals surface area contributed by atoms with Gasteiger partial charge in [-0.15, -0.1) is 0 Å². The highest BCUT2D eigenvalue weighted by Crippen LogP contribution is 2.32. The van der Waals surface area contributed by atoms with Crippen LogP contribution in [-0.4, -0.2) is 36.7 Å². The topological polar surface area (TPSA) is 139 Å². The van der Waals surface area contributed by atoms with Crippen molar-refractivity contribution in [1.29, 1.82) is 0 Å². The monoisotopic (exact) mass is 552 g/mol. The zero-order valence-corrected chi connectivity index (χ0v) is 23.1. The first-order chi connectivity index (χ1) is 19.9. The van der Waals surface area contributed by atoms with E-state index in [1.807, 2.05) is 43.3 Å². The minimum atomic E-state index is -0.322. The molecule has 0 atom stereocenters. The molecule has 1 aromatic carbocycles. The third kappa shape index (κ3) is 6.08. The minimum Gasteiger partial charge on any atom is -0.366 e. The molecule has 5 rings (SSSR count). The third-order valence-corrected chi connectivity index (χ3v) is 6.92. The number of rotatable bonds is 11. The second kappa shape index (κ2) is 12.0. The van der Waals surface area contributed by atoms with Crippen LogP contribution in [-0.2, 0) is 24.4 Å². The maximum absolute atomic E-state index is 13.0. The van der Waals surface area contributed by atoms with Gasteiger partial charge in [0.25, 0.3) is 5.56 Å². The van der Waals surface area contributed by atoms with Crippen molar-refractivity contribution in [1.82, 2.24) is 29.4 Å². The van der Waals surface area contributed by atoms with Crippen LogP contribution >= 0.6 is 0 Å². The molecule has 1 fully saturated rings. The number of allylic oxidation sites excluding steroid dienone is 2. The summed E-state index contributed by atoms with van der Waals surface area (Å²) >= 11 is 0. The van der Waals surface area contributed by atoms with Gasteiger partial charge in [-0.1, -0.05) is 30.3 Å². The van der Waals surface area contributed by atoms with E-state index in [1.54, 1.807) is 25.3 Å². The van der Waals surface area contributed by atoms with Crippen LogP contribution in [0.1, 0.15) is 43.9 Å². The maximum Gasteiger partial charge on any atom is 0.332 e. The van der Waals surface area contributed by atoms with Crippen molar-refractivity contribution in [3.05, 3.63) is 98.5 Å². The Hall–Kier alpha value is -5.06. The second-order valence-corrected chi connectivity index (χ2v) is 9.88. The van der Waals surface area contributed by atoms with E-state index in [9.17, 15) is 14.4 Å². The van der Waals surface area contributed by atoms with Crippen LogP contribution in [0.5, 0.6) is 0 Å². The van der Waals surface area contributed by atoms with Crippen LogP contribution in [0.2, 0.25) is 0 Å². The van der Waals surface area contributed by atoms with Crippen molar-refractivity contribution >= 4 is 29.6 Å². The Labute approximate surface area is 236 Å². The van der Waals surface area contributed by atoms with Gasteiger partial charge in [0.1, 0.15) is 17.2 Å². The van der Waals surface area contributed by atoms with Gasteiger partial charge >= 0.3 is 5.69 Å². The number of nitrogens with one attached hydrogen (secondary N) is 3. The Morgan fingerprint density at radius 2 is 1.88 bits per heavy atom. The van der Waals surface area contributed by atoms with E-state index < -0.39 is 0 Å². The molecule has 41 heavy (non-hydrogen) atoms. The molecule has 1 amide bonds. The summed E-state index contributed by atoms with van der Waals surface area (Å²) in [6.07, 6.45) is 8.25. The number of aromatic amines is 1. The van der Waals surface area contributed by atoms with Crippen molar-refractivity contribution in [3.8, 4) is 11.4 Å². The van der Waals surface area contributed by atoms with Gasteiger partial charge < -0.3 is 15.6 Å². The molecule has 4 aromatic rings. The van der Waals surface area contributed by atoms with Crippen molar-refractivity contribution in [2.75, 3.05) is 5.32 Å². The summed E-state index contributed by atoms with van der Waals surface area (Å²) < 4.78 is 2.89. The molecule has 0 spiro atoms. The summed E-state index contributed by atoms with van der Waals surface area (Å²) in [5, 5.41) is 6.20. The summed E-state index contributed by atoms with van der Waals surface area (Å²) in [6.45, 7) is 8.38. The molecule has 3 N–H and O–H groups in total. The quantitative estimate of drug-likeness (QED) is 0.147. The number of aryl methyl sites for hydroxylation is 1. The van der Waals surface area contributed by atoms with Crippen LogP contribution < -0.4 is 21.9 Å². The Balaban J connectivity index is 1.21. The summed E-state index contributed by atoms with van der Waals surface area (Å²) in [5.74, 6) is 1.03. The average Bonchev–Trinajstić information content (AvgIpc) is 3.72. The van der Waals surface area contributed by atoms with Gasteiger partial charge in [-0.25, -0.2) is 14.8 Å². The minimum absolute atomic E-state index is 0.0202. The van der Waals surface area contributed by atoms with Gasteiger partial charge in [-0.2, -0.15) is 0 Å². The van der Waals surface area contributed by atoms with Crippen molar-refractivity contribution < 1.29 is 4.79 Å². The Morgan fingerprint density at radius 3 is 2.51 bits per heavy atom. The average molecular weight is 553 g/mol. The highest BCUT2D eigenvalue weighted by molar-refractivity contribution is 5.93. The molecule has 11 heteroatoms. The molecule has 0 radical (unpaired) electrons. The number of benzene rings is 1. The molecule has 11 nitrogen and oxygen atoms in total. The number of carbonyl (C=O) groups is 1. The molecule has 1 saturated carbocycles. The molecule has 0 unspecified atom stereocenters. The molecular weight excluding hydrogens is 520 g/mol. The van der Waals surface area contributed by atoms with Gasteiger partial charge in [0.15, 0.2) is 5.65 Å². The highest BCUT2D eigenvalue weighted by atomic mass is 16.2. The fraction of sp³-hybridized carbons (Fsp3) is 0.267. The summed E-state index contributed by atoms with van der Waals surface area (Å²) in [7, 11) is 0. The predicted molar refractivity (Wildman–Crippen MR) is 160 cm³/mol. The fourth-order valence-corrected chi connectivity index (χ4v) is 4.46. The lowest BCUT2D eigenvalue weighted by molar-refractivity contribution is -0.117. The molecule has 0 saturated heterocycles. The van der Waals surface area contributed by atoms with Gasteiger partial charge in [0.2, 0.25) is 5.91 Å². The first-order valence-corrected chi connectivity index (χ1v) is 13.5. The lowest BCUT2D eigenvalue weighted by Gasteiger charge is -2.08. The van der Waals surface area contributed by atoms with E-state index in [-0.39, 0.29) is 23.2 Å². The molecule has 0 aliphatic heterocycles. The number of anilines is 1. The van der Waals surface area contributed by atoms with Crippen molar-refractivity contribution in [2.45, 2.75) is 52.4 Å². The zero-order chi connectivity index (χ0) is 28.9. The number of nitrogens with zero attached hydrogens (tertiary/aromatic N) is 5. The fourth-order valence-electron chi connectivity index (χ4n) is 4.46. The molecule has 1 aliphatic carbocycles. The number of imidazole rings is 1. The number of hydrogen-bond donors (Lipinski definition) is 3. The molecule has 3 heterocycles. The van der Waals surface area contributed by atoms with Crippen LogP contribution in [0.4, 0.5) is 5.82 Å². The predicted octanol–water partition coefficient (Wildman–Crippen LogP) is 3.69.